The summed E-state index contributed by atoms with van der Waals surface area (Å²) >= 11 is 0. The number of carboxylic acid groups (broad SMARTS) is 1. The van der Waals surface area contributed by atoms with E-state index in [1.165, 1.54) is 4.90 Å². The van der Waals surface area contributed by atoms with Crippen LogP contribution in [0.4, 0.5) is 9.59 Å². The van der Waals surface area contributed by atoms with Crippen molar-refractivity contribution in [3.63, 3.8) is 0 Å². The first-order chi connectivity index (χ1) is 12.0. The van der Waals surface area contributed by atoms with Crippen molar-refractivity contribution in [1.29, 1.82) is 0 Å². The predicted molar refractivity (Wildman–Crippen MR) is 86.9 cm³/mol. The van der Waals surface area contributed by atoms with Crippen LogP contribution in [0.25, 0.3) is 0 Å². The van der Waals surface area contributed by atoms with E-state index in [0.717, 1.165) is 11.1 Å². The number of benzene rings is 1. The smallest absolute Gasteiger partial charge is 0.407 e. The summed E-state index contributed by atoms with van der Waals surface area (Å²) in [5, 5.41) is 15.9. The molecule has 0 aliphatic carbocycles. The Morgan fingerprint density at radius 1 is 1.40 bits per heavy atom. The fraction of sp³-hybridized carbons (Fsp3) is 0.353. The molecule has 1 atom stereocenters. The minimum atomic E-state index is -1.08. The Balaban J connectivity index is 1.65. The maximum Gasteiger partial charge on any atom is 0.407 e. The Hall–Kier alpha value is -3.03. The van der Waals surface area contributed by atoms with Gasteiger partial charge in [0.05, 0.1) is 18.3 Å². The van der Waals surface area contributed by atoms with Gasteiger partial charge in [-0.1, -0.05) is 35.5 Å². The minimum absolute atomic E-state index is 0.114. The maximum absolute atomic E-state index is 12.1. The number of alkyl carbamates (subject to hydrolysis) is 1. The standard InChI is InChI=1S/C17H19N3O5/c1-11-14-7-13(8-20(17(22)23)9-15(14)25-19-11)18-16(21)24-10-12-5-3-2-4-6-12/h2-6,13H,7-10H2,1H3,(H,18,21)(H,22,23)/t13-/m0/s1. The van der Waals surface area contributed by atoms with Gasteiger partial charge in [-0.25, -0.2) is 9.59 Å². The highest BCUT2D eigenvalue weighted by atomic mass is 16.5. The van der Waals surface area contributed by atoms with Gasteiger partial charge in [0, 0.05) is 12.1 Å². The number of aryl methyl sites for hydroxylation is 1. The molecule has 2 N–H and O–H groups in total. The van der Waals surface area contributed by atoms with Crippen LogP contribution in [0.1, 0.15) is 22.6 Å². The van der Waals surface area contributed by atoms with E-state index < -0.39 is 18.2 Å². The van der Waals surface area contributed by atoms with Gasteiger partial charge >= 0.3 is 12.2 Å². The molecule has 0 bridgehead atoms. The fourth-order valence-corrected chi connectivity index (χ4v) is 2.81. The van der Waals surface area contributed by atoms with Crippen molar-refractivity contribution in [1.82, 2.24) is 15.4 Å². The van der Waals surface area contributed by atoms with E-state index in [2.05, 4.69) is 10.5 Å². The highest BCUT2D eigenvalue weighted by Gasteiger charge is 2.30. The number of amides is 2. The van der Waals surface area contributed by atoms with E-state index in [4.69, 9.17) is 9.26 Å². The molecule has 2 heterocycles. The molecule has 8 heteroatoms. The van der Waals surface area contributed by atoms with Gasteiger partial charge in [0.1, 0.15) is 6.61 Å². The van der Waals surface area contributed by atoms with Crippen molar-refractivity contribution < 1.29 is 24.0 Å². The zero-order valence-electron chi connectivity index (χ0n) is 13.8. The molecule has 2 aromatic rings. The molecule has 0 saturated carbocycles. The number of carbonyl (C=O) groups is 2. The van der Waals surface area contributed by atoms with Crippen LogP contribution in [0.5, 0.6) is 0 Å². The predicted octanol–water partition coefficient (Wildman–Crippen LogP) is 2.31. The summed E-state index contributed by atoms with van der Waals surface area (Å²) < 4.78 is 10.4. The van der Waals surface area contributed by atoms with Crippen LogP contribution in [-0.4, -0.2) is 39.9 Å². The molecule has 1 aromatic heterocycles. The summed E-state index contributed by atoms with van der Waals surface area (Å²) in [6, 6.07) is 8.91. The lowest BCUT2D eigenvalue weighted by Crippen LogP contribution is -2.45. The number of nitrogens with zero attached hydrogens (tertiary/aromatic N) is 2. The van der Waals surface area contributed by atoms with Gasteiger partial charge in [-0.15, -0.1) is 0 Å². The Morgan fingerprint density at radius 3 is 2.88 bits per heavy atom. The second-order valence-electron chi connectivity index (χ2n) is 5.94. The summed E-state index contributed by atoms with van der Waals surface area (Å²) in [7, 11) is 0. The van der Waals surface area contributed by atoms with Gasteiger partial charge in [-0.2, -0.15) is 0 Å². The molecule has 3 rings (SSSR count). The Morgan fingerprint density at radius 2 is 2.16 bits per heavy atom. The van der Waals surface area contributed by atoms with Crippen molar-refractivity contribution in [3.8, 4) is 0 Å². The number of fused-ring (bicyclic) bond motifs is 1. The van der Waals surface area contributed by atoms with E-state index in [0.29, 0.717) is 17.9 Å². The SMILES string of the molecule is Cc1noc2c1C[C@H](NC(=O)OCc1ccccc1)CN(C(=O)O)C2. The first-order valence-corrected chi connectivity index (χ1v) is 7.92. The van der Waals surface area contributed by atoms with E-state index in [1.54, 1.807) is 6.92 Å². The van der Waals surface area contributed by atoms with Gasteiger partial charge in [0.2, 0.25) is 0 Å². The summed E-state index contributed by atoms with van der Waals surface area (Å²) in [5.74, 6) is 0.516. The second kappa shape index (κ2) is 7.25. The number of rotatable bonds is 3. The van der Waals surface area contributed by atoms with Gasteiger partial charge in [-0.3, -0.25) is 4.90 Å². The minimum Gasteiger partial charge on any atom is -0.465 e. The summed E-state index contributed by atoms with van der Waals surface area (Å²) in [4.78, 5) is 24.6. The number of aromatic nitrogens is 1. The first-order valence-electron chi connectivity index (χ1n) is 7.92. The molecule has 2 amide bonds. The van der Waals surface area contributed by atoms with Crippen molar-refractivity contribution >= 4 is 12.2 Å². The highest BCUT2D eigenvalue weighted by Crippen LogP contribution is 2.22. The molecule has 0 saturated heterocycles. The molecular weight excluding hydrogens is 326 g/mol. The van der Waals surface area contributed by atoms with Crippen LogP contribution in [-0.2, 0) is 24.3 Å². The van der Waals surface area contributed by atoms with Crippen molar-refractivity contribution in [2.75, 3.05) is 6.54 Å². The van der Waals surface area contributed by atoms with Crippen LogP contribution in [0.2, 0.25) is 0 Å². The third-order valence-electron chi connectivity index (χ3n) is 4.10. The molecule has 0 unspecified atom stereocenters. The van der Waals surface area contributed by atoms with Crippen molar-refractivity contribution in [3.05, 3.63) is 52.9 Å². The monoisotopic (exact) mass is 345 g/mol. The lowest BCUT2D eigenvalue weighted by Gasteiger charge is -2.22. The average Bonchev–Trinajstić information content (AvgIpc) is 2.82. The summed E-state index contributed by atoms with van der Waals surface area (Å²) in [6.45, 7) is 2.21. The second-order valence-corrected chi connectivity index (χ2v) is 5.94. The third kappa shape index (κ3) is 4.09. The van der Waals surface area contributed by atoms with Crippen molar-refractivity contribution in [2.45, 2.75) is 32.5 Å². The Kier molecular flexibility index (Phi) is 4.87. The lowest BCUT2D eigenvalue weighted by molar-refractivity contribution is 0.121. The normalized spacial score (nSPS) is 16.7. The Bertz CT molecular complexity index is 759. The number of carbonyl (C=O) groups excluding carboxylic acids is 1. The van der Waals surface area contributed by atoms with Crippen LogP contribution in [0, 0.1) is 6.92 Å². The number of ether oxygens (including phenoxy) is 1. The van der Waals surface area contributed by atoms with Crippen LogP contribution < -0.4 is 5.32 Å². The summed E-state index contributed by atoms with van der Waals surface area (Å²) in [6.07, 6.45) is -1.22. The molecule has 8 nitrogen and oxygen atoms in total. The van der Waals surface area contributed by atoms with Crippen molar-refractivity contribution in [2.24, 2.45) is 0 Å². The Labute approximate surface area is 144 Å². The zero-order valence-corrected chi connectivity index (χ0v) is 13.8. The van der Waals surface area contributed by atoms with E-state index >= 15 is 0 Å². The number of hydrogen-bond acceptors (Lipinski definition) is 5. The molecule has 132 valence electrons. The highest BCUT2D eigenvalue weighted by molar-refractivity contribution is 5.68. The average molecular weight is 345 g/mol. The van der Waals surface area contributed by atoms with Crippen LogP contribution in [0.15, 0.2) is 34.9 Å². The quantitative estimate of drug-likeness (QED) is 0.884. The van der Waals surface area contributed by atoms with Gasteiger partial charge in [0.25, 0.3) is 0 Å². The molecule has 1 aliphatic rings. The molecule has 1 aromatic carbocycles. The van der Waals surface area contributed by atoms with E-state index in [-0.39, 0.29) is 19.7 Å². The topological polar surface area (TPSA) is 105 Å². The molecule has 0 radical (unpaired) electrons. The largest absolute Gasteiger partial charge is 0.465 e. The third-order valence-corrected chi connectivity index (χ3v) is 4.10. The fourth-order valence-electron chi connectivity index (χ4n) is 2.81. The van der Waals surface area contributed by atoms with Gasteiger partial charge < -0.3 is 19.7 Å². The molecule has 0 spiro atoms. The van der Waals surface area contributed by atoms with Gasteiger partial charge in [0.15, 0.2) is 5.76 Å². The van der Waals surface area contributed by atoms with Crippen LogP contribution in [0.3, 0.4) is 0 Å². The van der Waals surface area contributed by atoms with E-state index in [9.17, 15) is 14.7 Å². The molecule has 1 aliphatic heterocycles. The maximum atomic E-state index is 12.1. The first kappa shape index (κ1) is 16.8. The lowest BCUT2D eigenvalue weighted by atomic mass is 10.1. The molecule has 25 heavy (non-hydrogen) atoms. The number of hydrogen-bond donors (Lipinski definition) is 2. The van der Waals surface area contributed by atoms with E-state index in [1.807, 2.05) is 30.3 Å². The zero-order chi connectivity index (χ0) is 17.8. The number of nitrogens with one attached hydrogen (secondary N) is 1. The summed E-state index contributed by atoms with van der Waals surface area (Å²) in [5.41, 5.74) is 2.41. The van der Waals surface area contributed by atoms with Gasteiger partial charge in [-0.05, 0) is 18.9 Å². The molecular formula is C17H19N3O5. The van der Waals surface area contributed by atoms with Crippen LogP contribution >= 0.6 is 0 Å². The molecule has 0 fully saturated rings.